The predicted molar refractivity (Wildman–Crippen MR) is 119 cm³/mol. The molecule has 2 aromatic carbocycles. The zero-order valence-electron chi connectivity index (χ0n) is 18.1. The number of carbonyl (C=O) groups is 1. The van der Waals surface area contributed by atoms with Crippen molar-refractivity contribution in [3.05, 3.63) is 48.0 Å². The average Bonchev–Trinajstić information content (AvgIpc) is 2.79. The third-order valence-corrected chi connectivity index (χ3v) is 6.80. The van der Waals surface area contributed by atoms with Gasteiger partial charge in [-0.15, -0.1) is 0 Å². The molecule has 1 aliphatic heterocycles. The van der Waals surface area contributed by atoms with E-state index in [1.54, 1.807) is 36.4 Å². The third-order valence-electron chi connectivity index (χ3n) is 5.39. The van der Waals surface area contributed by atoms with E-state index in [0.717, 1.165) is 38.3 Å². The van der Waals surface area contributed by atoms with Crippen LogP contribution in [0.5, 0.6) is 11.5 Å². The summed E-state index contributed by atoms with van der Waals surface area (Å²) in [5.74, 6) is 0.721. The number of hydrogen-bond donors (Lipinski definition) is 1. The number of ether oxygens (including phenoxy) is 2. The predicted octanol–water partition coefficient (Wildman–Crippen LogP) is 2.21. The van der Waals surface area contributed by atoms with E-state index in [1.807, 2.05) is 4.90 Å². The minimum atomic E-state index is -3.88. The quantitative estimate of drug-likeness (QED) is 0.668. The first-order chi connectivity index (χ1) is 14.9. The van der Waals surface area contributed by atoms with E-state index in [0.29, 0.717) is 17.9 Å². The second kappa shape index (κ2) is 10.0. The van der Waals surface area contributed by atoms with Gasteiger partial charge in [0, 0.05) is 37.9 Å². The summed E-state index contributed by atoms with van der Waals surface area (Å²) >= 11 is 0. The van der Waals surface area contributed by atoms with Crippen molar-refractivity contribution in [1.82, 2.24) is 9.80 Å². The molecule has 1 amide bonds. The Hall–Kier alpha value is -2.78. The van der Waals surface area contributed by atoms with Crippen LogP contribution in [0.3, 0.4) is 0 Å². The van der Waals surface area contributed by atoms with Crippen molar-refractivity contribution in [2.45, 2.75) is 18.2 Å². The lowest BCUT2D eigenvalue weighted by atomic mass is 10.1. The van der Waals surface area contributed by atoms with Crippen LogP contribution in [0, 0.1) is 0 Å². The summed E-state index contributed by atoms with van der Waals surface area (Å²) in [5, 5.41) is 0. The van der Waals surface area contributed by atoms with Crippen molar-refractivity contribution < 1.29 is 22.7 Å². The number of piperazine rings is 1. The number of amides is 1. The van der Waals surface area contributed by atoms with Crippen molar-refractivity contribution in [3.63, 3.8) is 0 Å². The smallest absolute Gasteiger partial charge is 0.265 e. The molecule has 31 heavy (non-hydrogen) atoms. The molecule has 0 saturated carbocycles. The topological polar surface area (TPSA) is 88.2 Å². The minimum Gasteiger partial charge on any atom is -0.497 e. The number of hydrogen-bond acceptors (Lipinski definition) is 6. The standard InChI is InChI=1S/C22H29N3O5S/c1-4-24-11-13-25(14-12-24)22(26)15-17-5-7-18(8-6-17)23-31(27,28)21-16-19(29-2)9-10-20(21)30-3/h5-10,16,23H,4,11-15H2,1-3H3. The molecular weight excluding hydrogens is 418 g/mol. The van der Waals surface area contributed by atoms with E-state index in [2.05, 4.69) is 16.5 Å². The van der Waals surface area contributed by atoms with Gasteiger partial charge in [-0.1, -0.05) is 19.1 Å². The minimum absolute atomic E-state index is 0.0141. The fourth-order valence-corrected chi connectivity index (χ4v) is 4.74. The Morgan fingerprint density at radius 2 is 1.68 bits per heavy atom. The second-order valence-corrected chi connectivity index (χ2v) is 8.96. The van der Waals surface area contributed by atoms with Crippen LogP contribution in [-0.2, 0) is 21.2 Å². The lowest BCUT2D eigenvalue weighted by Crippen LogP contribution is -2.48. The number of methoxy groups -OCH3 is 2. The molecular formula is C22H29N3O5S. The molecule has 0 spiro atoms. The highest BCUT2D eigenvalue weighted by Crippen LogP contribution is 2.29. The Morgan fingerprint density at radius 1 is 1.00 bits per heavy atom. The fraction of sp³-hybridized carbons (Fsp3) is 0.409. The van der Waals surface area contributed by atoms with Crippen LogP contribution >= 0.6 is 0 Å². The summed E-state index contributed by atoms with van der Waals surface area (Å²) in [5.41, 5.74) is 1.24. The second-order valence-electron chi connectivity index (χ2n) is 7.31. The molecule has 9 heteroatoms. The zero-order chi connectivity index (χ0) is 22.4. The Balaban J connectivity index is 1.66. The van der Waals surface area contributed by atoms with Crippen molar-refractivity contribution in [2.75, 3.05) is 51.7 Å². The maximum atomic E-state index is 12.9. The van der Waals surface area contributed by atoms with E-state index in [1.165, 1.54) is 20.3 Å². The number of likely N-dealkylation sites (N-methyl/N-ethyl adjacent to an activating group) is 1. The Morgan fingerprint density at radius 3 is 2.26 bits per heavy atom. The van der Waals surface area contributed by atoms with E-state index >= 15 is 0 Å². The van der Waals surface area contributed by atoms with Gasteiger partial charge in [-0.3, -0.25) is 9.52 Å². The van der Waals surface area contributed by atoms with Crippen LogP contribution in [-0.4, -0.2) is 71.1 Å². The van der Waals surface area contributed by atoms with Gasteiger partial charge < -0.3 is 19.3 Å². The molecule has 168 valence electrons. The molecule has 0 atom stereocenters. The Labute approximate surface area is 183 Å². The largest absolute Gasteiger partial charge is 0.497 e. The van der Waals surface area contributed by atoms with E-state index in [4.69, 9.17) is 9.47 Å². The first-order valence-electron chi connectivity index (χ1n) is 10.2. The SMILES string of the molecule is CCN1CCN(C(=O)Cc2ccc(NS(=O)(=O)c3cc(OC)ccc3OC)cc2)CC1. The Bertz CT molecular complexity index is 1000. The van der Waals surface area contributed by atoms with Gasteiger partial charge in [0.2, 0.25) is 5.91 Å². The van der Waals surface area contributed by atoms with Gasteiger partial charge in [-0.05, 0) is 36.4 Å². The lowest BCUT2D eigenvalue weighted by molar-refractivity contribution is -0.132. The molecule has 1 N–H and O–H groups in total. The number of benzene rings is 2. The molecule has 1 heterocycles. The molecule has 0 radical (unpaired) electrons. The van der Waals surface area contributed by atoms with E-state index in [9.17, 15) is 13.2 Å². The van der Waals surface area contributed by atoms with Crippen LogP contribution < -0.4 is 14.2 Å². The highest BCUT2D eigenvalue weighted by atomic mass is 32.2. The molecule has 0 aromatic heterocycles. The summed E-state index contributed by atoms with van der Waals surface area (Å²) in [4.78, 5) is 16.8. The molecule has 0 aliphatic carbocycles. The summed E-state index contributed by atoms with van der Waals surface area (Å²) in [6.45, 7) is 6.41. The fourth-order valence-electron chi connectivity index (χ4n) is 3.49. The third kappa shape index (κ3) is 5.68. The number of anilines is 1. The van der Waals surface area contributed by atoms with Crippen LogP contribution in [0.25, 0.3) is 0 Å². The molecule has 1 aliphatic rings. The number of nitrogens with zero attached hydrogens (tertiary/aromatic N) is 2. The summed E-state index contributed by atoms with van der Waals surface area (Å²) in [6, 6.07) is 11.4. The lowest BCUT2D eigenvalue weighted by Gasteiger charge is -2.34. The normalized spacial score (nSPS) is 14.9. The van der Waals surface area contributed by atoms with Gasteiger partial charge in [0.25, 0.3) is 10.0 Å². The van der Waals surface area contributed by atoms with E-state index < -0.39 is 10.0 Å². The van der Waals surface area contributed by atoms with Gasteiger partial charge in [0.1, 0.15) is 16.4 Å². The number of nitrogens with one attached hydrogen (secondary N) is 1. The highest BCUT2D eigenvalue weighted by Gasteiger charge is 2.22. The van der Waals surface area contributed by atoms with E-state index in [-0.39, 0.29) is 16.6 Å². The van der Waals surface area contributed by atoms with Gasteiger partial charge in [0.05, 0.1) is 20.6 Å². The van der Waals surface area contributed by atoms with Crippen molar-refractivity contribution in [2.24, 2.45) is 0 Å². The van der Waals surface area contributed by atoms with Crippen molar-refractivity contribution >= 4 is 21.6 Å². The van der Waals surface area contributed by atoms with Gasteiger partial charge in [0.15, 0.2) is 0 Å². The molecule has 3 rings (SSSR count). The van der Waals surface area contributed by atoms with Crippen LogP contribution in [0.4, 0.5) is 5.69 Å². The molecule has 0 unspecified atom stereocenters. The van der Waals surface area contributed by atoms with Gasteiger partial charge >= 0.3 is 0 Å². The van der Waals surface area contributed by atoms with Crippen LogP contribution in [0.15, 0.2) is 47.4 Å². The van der Waals surface area contributed by atoms with Gasteiger partial charge in [-0.2, -0.15) is 0 Å². The molecule has 1 fully saturated rings. The zero-order valence-corrected chi connectivity index (χ0v) is 18.9. The van der Waals surface area contributed by atoms with Crippen molar-refractivity contribution in [1.29, 1.82) is 0 Å². The summed E-state index contributed by atoms with van der Waals surface area (Å²) in [6.07, 6.45) is 0.295. The van der Waals surface area contributed by atoms with Crippen LogP contribution in [0.2, 0.25) is 0 Å². The first-order valence-corrected chi connectivity index (χ1v) is 11.7. The maximum absolute atomic E-state index is 12.9. The van der Waals surface area contributed by atoms with Crippen LogP contribution in [0.1, 0.15) is 12.5 Å². The number of rotatable bonds is 8. The molecule has 0 bridgehead atoms. The monoisotopic (exact) mass is 447 g/mol. The number of sulfonamides is 1. The first kappa shape index (κ1) is 22.9. The molecule has 2 aromatic rings. The average molecular weight is 448 g/mol. The molecule has 1 saturated heterocycles. The Kier molecular flexibility index (Phi) is 7.40. The molecule has 8 nitrogen and oxygen atoms in total. The summed E-state index contributed by atoms with van der Waals surface area (Å²) in [7, 11) is -1.01. The maximum Gasteiger partial charge on any atom is 0.265 e. The van der Waals surface area contributed by atoms with Gasteiger partial charge in [-0.25, -0.2) is 8.42 Å². The number of carbonyl (C=O) groups excluding carboxylic acids is 1. The summed E-state index contributed by atoms with van der Waals surface area (Å²) < 4.78 is 38.6. The van der Waals surface area contributed by atoms with Crippen molar-refractivity contribution in [3.8, 4) is 11.5 Å². The highest BCUT2D eigenvalue weighted by molar-refractivity contribution is 7.92.